The van der Waals surface area contributed by atoms with Gasteiger partial charge in [-0.25, -0.2) is 8.42 Å². The molecule has 0 bridgehead atoms. The van der Waals surface area contributed by atoms with Gasteiger partial charge in [0.15, 0.2) is 9.84 Å². The van der Waals surface area contributed by atoms with Crippen LogP contribution in [-0.2, 0) is 9.84 Å². The Morgan fingerprint density at radius 1 is 1.45 bits per heavy atom. The van der Waals surface area contributed by atoms with E-state index < -0.39 is 9.84 Å². The van der Waals surface area contributed by atoms with Gasteiger partial charge in [0.1, 0.15) is 0 Å². The van der Waals surface area contributed by atoms with Gasteiger partial charge in [-0.05, 0) is 47.1 Å². The van der Waals surface area contributed by atoms with Gasteiger partial charge >= 0.3 is 0 Å². The third kappa shape index (κ3) is 3.21. The van der Waals surface area contributed by atoms with Crippen molar-refractivity contribution in [1.29, 1.82) is 0 Å². The number of nitrogens with zero attached hydrogens (tertiary/aromatic N) is 1. The lowest BCUT2D eigenvalue weighted by Gasteiger charge is -2.24. The third-order valence-corrected chi connectivity index (χ3v) is 5.30. The van der Waals surface area contributed by atoms with E-state index in [0.29, 0.717) is 10.0 Å². The molecule has 1 fully saturated rings. The van der Waals surface area contributed by atoms with Crippen LogP contribution in [0.5, 0.6) is 0 Å². The first-order valence-corrected chi connectivity index (χ1v) is 8.96. The van der Waals surface area contributed by atoms with Crippen LogP contribution in [0.4, 0.5) is 0 Å². The molecule has 1 aliphatic rings. The first-order valence-electron chi connectivity index (χ1n) is 6.28. The van der Waals surface area contributed by atoms with Gasteiger partial charge in [0.25, 0.3) is 5.91 Å². The fourth-order valence-electron chi connectivity index (χ4n) is 2.22. The Morgan fingerprint density at radius 2 is 2.15 bits per heavy atom. The van der Waals surface area contributed by atoms with E-state index in [1.807, 2.05) is 0 Å². The van der Waals surface area contributed by atoms with Crippen LogP contribution in [0.2, 0.25) is 0 Å². The second kappa shape index (κ2) is 5.83. The van der Waals surface area contributed by atoms with Gasteiger partial charge in [-0.3, -0.25) is 4.79 Å². The summed E-state index contributed by atoms with van der Waals surface area (Å²) in [6, 6.07) is 4.68. The van der Waals surface area contributed by atoms with Gasteiger partial charge in [0, 0.05) is 30.4 Å². The quantitative estimate of drug-likeness (QED) is 0.881. The predicted molar refractivity (Wildman–Crippen MR) is 80.6 cm³/mol. The fourth-order valence-corrected chi connectivity index (χ4v) is 3.29. The minimum absolute atomic E-state index is 0.149. The summed E-state index contributed by atoms with van der Waals surface area (Å²) < 4.78 is 23.8. The number of sulfone groups is 1. The summed E-state index contributed by atoms with van der Waals surface area (Å²) in [6.07, 6.45) is 2.04. The van der Waals surface area contributed by atoms with Crippen LogP contribution in [0.15, 0.2) is 27.6 Å². The van der Waals surface area contributed by atoms with Gasteiger partial charge in [0.05, 0.1) is 10.5 Å². The SMILES string of the molecule is CN(C(=O)c1cc(S(C)(=O)=O)ccc1Br)[C@@H]1CCNC1. The molecule has 0 unspecified atom stereocenters. The van der Waals surface area contributed by atoms with E-state index in [-0.39, 0.29) is 16.8 Å². The Kier molecular flexibility index (Phi) is 4.51. The number of benzene rings is 1. The smallest absolute Gasteiger partial charge is 0.255 e. The average Bonchev–Trinajstić information content (AvgIpc) is 2.90. The number of nitrogens with one attached hydrogen (secondary N) is 1. The first-order chi connectivity index (χ1) is 9.30. The molecule has 0 spiro atoms. The van der Waals surface area contributed by atoms with Crippen LogP contribution in [0, 0.1) is 0 Å². The molecule has 5 nitrogen and oxygen atoms in total. The summed E-state index contributed by atoms with van der Waals surface area (Å²) in [5.74, 6) is -0.170. The summed E-state index contributed by atoms with van der Waals surface area (Å²) in [6.45, 7) is 1.67. The van der Waals surface area contributed by atoms with Crippen LogP contribution in [-0.4, -0.2) is 51.7 Å². The zero-order valence-corrected chi connectivity index (χ0v) is 13.8. The highest BCUT2D eigenvalue weighted by Gasteiger charge is 2.26. The second-order valence-electron chi connectivity index (χ2n) is 4.98. The zero-order valence-electron chi connectivity index (χ0n) is 11.4. The molecule has 20 heavy (non-hydrogen) atoms. The van der Waals surface area contributed by atoms with Crippen LogP contribution in [0.25, 0.3) is 0 Å². The minimum Gasteiger partial charge on any atom is -0.337 e. The Morgan fingerprint density at radius 3 is 2.70 bits per heavy atom. The van der Waals surface area contributed by atoms with Crippen molar-refractivity contribution in [3.05, 3.63) is 28.2 Å². The molecular weight excluding hydrogens is 344 g/mol. The van der Waals surface area contributed by atoms with Gasteiger partial charge in [-0.1, -0.05) is 0 Å². The molecule has 1 atom stereocenters. The summed E-state index contributed by atoms with van der Waals surface area (Å²) in [5, 5.41) is 3.21. The first kappa shape index (κ1) is 15.5. The van der Waals surface area contributed by atoms with Crippen molar-refractivity contribution in [3.63, 3.8) is 0 Å². The molecule has 1 aromatic carbocycles. The standard InChI is InChI=1S/C13H17BrN2O3S/c1-16(9-5-6-15-8-9)13(17)11-7-10(20(2,18)19)3-4-12(11)14/h3-4,7,9,15H,5-6,8H2,1-2H3/t9-/m1/s1. The molecule has 1 aliphatic heterocycles. The number of rotatable bonds is 3. The van der Waals surface area contributed by atoms with E-state index in [2.05, 4.69) is 21.2 Å². The van der Waals surface area contributed by atoms with Crippen LogP contribution < -0.4 is 5.32 Å². The molecule has 0 saturated carbocycles. The number of likely N-dealkylation sites (N-methyl/N-ethyl adjacent to an activating group) is 1. The lowest BCUT2D eigenvalue weighted by Crippen LogP contribution is -2.38. The third-order valence-electron chi connectivity index (χ3n) is 3.50. The van der Waals surface area contributed by atoms with Crippen molar-refractivity contribution in [1.82, 2.24) is 10.2 Å². The monoisotopic (exact) mass is 360 g/mol. The molecular formula is C13H17BrN2O3S. The molecule has 1 N–H and O–H groups in total. The van der Waals surface area contributed by atoms with Crippen molar-refractivity contribution in [2.24, 2.45) is 0 Å². The highest BCUT2D eigenvalue weighted by molar-refractivity contribution is 9.10. The summed E-state index contributed by atoms with van der Waals surface area (Å²) in [5.41, 5.74) is 0.377. The van der Waals surface area contributed by atoms with Gasteiger partial charge in [-0.15, -0.1) is 0 Å². The van der Waals surface area contributed by atoms with Gasteiger partial charge < -0.3 is 10.2 Å². The van der Waals surface area contributed by atoms with E-state index >= 15 is 0 Å². The fraction of sp³-hybridized carbons (Fsp3) is 0.462. The molecule has 0 aliphatic carbocycles. The minimum atomic E-state index is -3.32. The Hall–Kier alpha value is -0.920. The Labute approximate surface area is 127 Å². The van der Waals surface area contributed by atoms with Crippen molar-refractivity contribution in [2.45, 2.75) is 17.4 Å². The van der Waals surface area contributed by atoms with Gasteiger partial charge in [-0.2, -0.15) is 0 Å². The number of amides is 1. The van der Waals surface area contributed by atoms with Crippen LogP contribution in [0.3, 0.4) is 0 Å². The van der Waals surface area contributed by atoms with E-state index in [1.54, 1.807) is 18.0 Å². The van der Waals surface area contributed by atoms with Gasteiger partial charge in [0.2, 0.25) is 0 Å². The number of hydrogen-bond donors (Lipinski definition) is 1. The van der Waals surface area contributed by atoms with Crippen molar-refractivity contribution in [2.75, 3.05) is 26.4 Å². The average molecular weight is 361 g/mol. The maximum absolute atomic E-state index is 12.5. The van der Waals surface area contributed by atoms with Crippen molar-refractivity contribution < 1.29 is 13.2 Å². The number of hydrogen-bond acceptors (Lipinski definition) is 4. The zero-order chi connectivity index (χ0) is 14.9. The molecule has 1 aromatic rings. The Bertz CT molecular complexity index is 625. The molecule has 2 rings (SSSR count). The highest BCUT2D eigenvalue weighted by Crippen LogP contribution is 2.23. The lowest BCUT2D eigenvalue weighted by molar-refractivity contribution is 0.0742. The normalized spacial score (nSPS) is 19.1. The molecule has 1 amide bonds. The topological polar surface area (TPSA) is 66.5 Å². The summed E-state index contributed by atoms with van der Waals surface area (Å²) in [4.78, 5) is 14.3. The highest BCUT2D eigenvalue weighted by atomic mass is 79.9. The molecule has 110 valence electrons. The second-order valence-corrected chi connectivity index (χ2v) is 7.85. The molecule has 1 saturated heterocycles. The van der Waals surface area contributed by atoms with E-state index in [4.69, 9.17) is 0 Å². The lowest BCUT2D eigenvalue weighted by atomic mass is 10.1. The molecule has 1 heterocycles. The largest absolute Gasteiger partial charge is 0.337 e. The van der Waals surface area contributed by atoms with E-state index in [9.17, 15) is 13.2 Å². The summed E-state index contributed by atoms with van der Waals surface area (Å²) >= 11 is 3.32. The van der Waals surface area contributed by atoms with E-state index in [0.717, 1.165) is 25.8 Å². The summed E-state index contributed by atoms with van der Waals surface area (Å²) in [7, 11) is -1.57. The van der Waals surface area contributed by atoms with Crippen LogP contribution in [0.1, 0.15) is 16.8 Å². The maximum Gasteiger partial charge on any atom is 0.255 e. The predicted octanol–water partition coefficient (Wildman–Crippen LogP) is 1.29. The number of carbonyl (C=O) groups excluding carboxylic acids is 1. The number of halogens is 1. The van der Waals surface area contributed by atoms with Crippen molar-refractivity contribution in [3.8, 4) is 0 Å². The number of carbonyl (C=O) groups is 1. The maximum atomic E-state index is 12.5. The molecule has 7 heteroatoms. The van der Waals surface area contributed by atoms with E-state index in [1.165, 1.54) is 12.1 Å². The van der Waals surface area contributed by atoms with Crippen molar-refractivity contribution >= 4 is 31.7 Å². The Balaban J connectivity index is 2.33. The molecule has 0 radical (unpaired) electrons. The van der Waals surface area contributed by atoms with Crippen LogP contribution >= 0.6 is 15.9 Å². The molecule has 0 aromatic heterocycles.